The topological polar surface area (TPSA) is 53.6 Å². The molecule has 3 saturated heterocycles. The van der Waals surface area contributed by atoms with Crippen molar-refractivity contribution in [1.29, 1.82) is 0 Å². The number of rotatable bonds is 4. The van der Waals surface area contributed by atoms with Crippen LogP contribution in [-0.2, 0) is 9.53 Å². The molecule has 3 fully saturated rings. The average Bonchev–Trinajstić information content (AvgIpc) is 2.62. The quantitative estimate of drug-likeness (QED) is 0.782. The Morgan fingerprint density at radius 1 is 1.08 bits per heavy atom. The van der Waals surface area contributed by atoms with E-state index in [1.54, 1.807) is 0 Å². The number of hydrogen-bond donors (Lipinski definition) is 2. The summed E-state index contributed by atoms with van der Waals surface area (Å²) < 4.78 is 5.59. The van der Waals surface area contributed by atoms with E-state index in [4.69, 9.17) is 4.74 Å². The molecule has 1 atom stereocenters. The first kappa shape index (κ1) is 22.0. The van der Waals surface area contributed by atoms with Gasteiger partial charge in [-0.2, -0.15) is 0 Å². The molecule has 24 heavy (non-hydrogen) atoms. The van der Waals surface area contributed by atoms with Crippen LogP contribution in [-0.4, -0.2) is 61.8 Å². The number of hydrogen-bond acceptors (Lipinski definition) is 4. The molecule has 5 nitrogen and oxygen atoms in total. The number of carbonyl (C=O) groups excluding carboxylic acids is 1. The summed E-state index contributed by atoms with van der Waals surface area (Å²) in [6, 6.07) is 0.0204. The van der Waals surface area contributed by atoms with E-state index in [9.17, 15) is 4.79 Å². The van der Waals surface area contributed by atoms with Crippen molar-refractivity contribution < 1.29 is 9.53 Å². The Labute approximate surface area is 158 Å². The molecule has 0 unspecified atom stereocenters. The number of carbonyl (C=O) groups is 1. The lowest BCUT2D eigenvalue weighted by atomic mass is 9.86. The number of ether oxygens (including phenoxy) is 1. The van der Waals surface area contributed by atoms with Crippen LogP contribution < -0.4 is 10.6 Å². The van der Waals surface area contributed by atoms with Gasteiger partial charge in [-0.1, -0.05) is 12.8 Å². The second kappa shape index (κ2) is 10.8. The number of nitrogens with zero attached hydrogens (tertiary/aromatic N) is 1. The van der Waals surface area contributed by atoms with Gasteiger partial charge in [0.05, 0.1) is 6.04 Å². The molecule has 3 rings (SSSR count). The van der Waals surface area contributed by atoms with Gasteiger partial charge in [0.25, 0.3) is 0 Å². The van der Waals surface area contributed by atoms with Crippen LogP contribution in [0.5, 0.6) is 0 Å². The molecule has 0 spiro atoms. The maximum atomic E-state index is 12.4. The van der Waals surface area contributed by atoms with Gasteiger partial charge in [-0.15, -0.1) is 24.8 Å². The summed E-state index contributed by atoms with van der Waals surface area (Å²) in [5, 5.41) is 6.61. The van der Waals surface area contributed by atoms with Gasteiger partial charge in [0.15, 0.2) is 0 Å². The molecule has 3 aliphatic heterocycles. The summed E-state index contributed by atoms with van der Waals surface area (Å²) in [6.07, 6.45) is 9.36. The number of piperidine rings is 2. The van der Waals surface area contributed by atoms with Gasteiger partial charge < -0.3 is 15.4 Å². The highest BCUT2D eigenvalue weighted by atomic mass is 35.5. The Balaban J connectivity index is 0.00000144. The maximum absolute atomic E-state index is 12.4. The van der Waals surface area contributed by atoms with Gasteiger partial charge in [-0.05, 0) is 58.2 Å². The first-order valence-electron chi connectivity index (χ1n) is 9.14. The van der Waals surface area contributed by atoms with E-state index in [1.165, 1.54) is 38.8 Å². The van der Waals surface area contributed by atoms with E-state index in [0.717, 1.165) is 52.0 Å². The second-order valence-electron chi connectivity index (χ2n) is 7.10. The summed E-state index contributed by atoms with van der Waals surface area (Å²) >= 11 is 0. The largest absolute Gasteiger partial charge is 0.381 e. The molecule has 0 aromatic heterocycles. The van der Waals surface area contributed by atoms with E-state index >= 15 is 0 Å². The van der Waals surface area contributed by atoms with Crippen LogP contribution >= 0.6 is 24.8 Å². The van der Waals surface area contributed by atoms with Crippen LogP contribution in [0.15, 0.2) is 0 Å². The fourth-order valence-electron chi connectivity index (χ4n) is 4.17. The van der Waals surface area contributed by atoms with Gasteiger partial charge in [-0.3, -0.25) is 9.69 Å². The van der Waals surface area contributed by atoms with Crippen molar-refractivity contribution in [2.24, 2.45) is 0 Å². The minimum Gasteiger partial charge on any atom is -0.381 e. The molecular weight excluding hydrogens is 349 g/mol. The van der Waals surface area contributed by atoms with E-state index in [1.807, 2.05) is 0 Å². The van der Waals surface area contributed by atoms with Crippen molar-refractivity contribution in [1.82, 2.24) is 15.5 Å². The summed E-state index contributed by atoms with van der Waals surface area (Å²) in [7, 11) is 0. The summed E-state index contributed by atoms with van der Waals surface area (Å²) in [5.41, 5.74) is 0.128. The molecule has 0 aromatic carbocycles. The fourth-order valence-corrected chi connectivity index (χ4v) is 4.17. The molecule has 1 amide bonds. The Morgan fingerprint density at radius 2 is 1.79 bits per heavy atom. The van der Waals surface area contributed by atoms with Crippen molar-refractivity contribution >= 4 is 30.7 Å². The lowest BCUT2D eigenvalue weighted by molar-refractivity contribution is -0.125. The molecule has 2 N–H and O–H groups in total. The predicted octanol–water partition coefficient (Wildman–Crippen LogP) is 2.12. The zero-order chi connectivity index (χ0) is 15.3. The Morgan fingerprint density at radius 3 is 2.42 bits per heavy atom. The molecule has 142 valence electrons. The standard InChI is InChI=1S/C17H31N3O2.2ClH/c21-16(15-6-2-3-9-18-15)19-14-17(7-12-22-13-8-17)20-10-4-1-5-11-20;;/h15,18H,1-14H2,(H,19,21);2*1H/t15-;;/m1../s1. The van der Waals surface area contributed by atoms with Crippen LogP contribution in [0.3, 0.4) is 0 Å². The third-order valence-electron chi connectivity index (χ3n) is 5.67. The van der Waals surface area contributed by atoms with Crippen molar-refractivity contribution in [2.45, 2.75) is 62.9 Å². The van der Waals surface area contributed by atoms with E-state index < -0.39 is 0 Å². The van der Waals surface area contributed by atoms with Crippen molar-refractivity contribution in [3.05, 3.63) is 0 Å². The van der Waals surface area contributed by atoms with E-state index in [-0.39, 0.29) is 42.3 Å². The first-order valence-corrected chi connectivity index (χ1v) is 9.14. The Bertz CT molecular complexity index is 367. The highest BCUT2D eigenvalue weighted by Crippen LogP contribution is 2.30. The van der Waals surface area contributed by atoms with Crippen molar-refractivity contribution in [2.75, 3.05) is 39.4 Å². The molecule has 0 radical (unpaired) electrons. The highest BCUT2D eigenvalue weighted by Gasteiger charge is 2.39. The van der Waals surface area contributed by atoms with Crippen LogP contribution in [0.4, 0.5) is 0 Å². The van der Waals surface area contributed by atoms with Crippen molar-refractivity contribution in [3.8, 4) is 0 Å². The molecule has 0 aromatic rings. The van der Waals surface area contributed by atoms with Crippen molar-refractivity contribution in [3.63, 3.8) is 0 Å². The molecule has 0 bridgehead atoms. The fraction of sp³-hybridized carbons (Fsp3) is 0.941. The van der Waals surface area contributed by atoms with E-state index in [0.29, 0.717) is 0 Å². The zero-order valence-corrected chi connectivity index (χ0v) is 16.2. The van der Waals surface area contributed by atoms with Gasteiger partial charge in [0.1, 0.15) is 0 Å². The van der Waals surface area contributed by atoms with Crippen LogP contribution in [0.25, 0.3) is 0 Å². The zero-order valence-electron chi connectivity index (χ0n) is 14.6. The summed E-state index contributed by atoms with van der Waals surface area (Å²) in [4.78, 5) is 15.1. The van der Waals surface area contributed by atoms with E-state index in [2.05, 4.69) is 15.5 Å². The predicted molar refractivity (Wildman–Crippen MR) is 101 cm³/mol. The number of halogens is 2. The van der Waals surface area contributed by atoms with Crippen LogP contribution in [0, 0.1) is 0 Å². The molecule has 0 aliphatic carbocycles. The highest BCUT2D eigenvalue weighted by molar-refractivity contribution is 5.85. The average molecular weight is 382 g/mol. The van der Waals surface area contributed by atoms with Crippen LogP contribution in [0.1, 0.15) is 51.4 Å². The molecular formula is C17H33Cl2N3O2. The smallest absolute Gasteiger partial charge is 0.237 e. The molecule has 0 saturated carbocycles. The minimum absolute atomic E-state index is 0. The SMILES string of the molecule is Cl.Cl.O=C(NCC1(N2CCCCC2)CCOCC1)[C@H]1CCCCN1. The monoisotopic (exact) mass is 381 g/mol. The number of nitrogens with one attached hydrogen (secondary N) is 2. The first-order chi connectivity index (χ1) is 10.8. The Kier molecular flexibility index (Phi) is 9.90. The maximum Gasteiger partial charge on any atom is 0.237 e. The van der Waals surface area contributed by atoms with Gasteiger partial charge in [-0.25, -0.2) is 0 Å². The summed E-state index contributed by atoms with van der Waals surface area (Å²) in [5.74, 6) is 0.197. The Hall–Kier alpha value is -0.0700. The molecule has 7 heteroatoms. The number of amides is 1. The van der Waals surface area contributed by atoms with Gasteiger partial charge in [0.2, 0.25) is 5.91 Å². The second-order valence-corrected chi connectivity index (χ2v) is 7.10. The lowest BCUT2D eigenvalue weighted by Gasteiger charge is -2.48. The van der Waals surface area contributed by atoms with Gasteiger partial charge in [0, 0.05) is 25.3 Å². The normalized spacial score (nSPS) is 27.4. The third kappa shape index (κ3) is 5.46. The lowest BCUT2D eigenvalue weighted by Crippen LogP contribution is -2.61. The number of likely N-dealkylation sites (tertiary alicyclic amines) is 1. The minimum atomic E-state index is 0. The van der Waals surface area contributed by atoms with Gasteiger partial charge >= 0.3 is 0 Å². The summed E-state index contributed by atoms with van der Waals surface area (Å²) in [6.45, 7) is 5.77. The van der Waals surface area contributed by atoms with Crippen LogP contribution in [0.2, 0.25) is 0 Å². The third-order valence-corrected chi connectivity index (χ3v) is 5.67. The molecule has 3 heterocycles. The molecule has 3 aliphatic rings.